The lowest BCUT2D eigenvalue weighted by Crippen LogP contribution is -2.42. The Morgan fingerprint density at radius 1 is 1.23 bits per heavy atom. The highest BCUT2D eigenvalue weighted by molar-refractivity contribution is 6.66. The number of piperidine rings is 1. The fourth-order valence-electron chi connectivity index (χ4n) is 3.07. The van der Waals surface area contributed by atoms with Crippen molar-refractivity contribution in [3.05, 3.63) is 35.1 Å². The van der Waals surface area contributed by atoms with Crippen molar-refractivity contribution in [3.63, 3.8) is 0 Å². The predicted molar refractivity (Wildman–Crippen MR) is 124 cm³/mol. The molecule has 1 aromatic heterocycles. The van der Waals surface area contributed by atoms with Gasteiger partial charge < -0.3 is 21.3 Å². The molecular formula is C18H22Cl4N8. The number of nitrogens with zero attached hydrogens (tertiary/aromatic N) is 5. The van der Waals surface area contributed by atoms with Gasteiger partial charge >= 0.3 is 0 Å². The van der Waals surface area contributed by atoms with Gasteiger partial charge in [0, 0.05) is 23.3 Å². The number of halogens is 4. The van der Waals surface area contributed by atoms with Crippen molar-refractivity contribution in [2.75, 3.05) is 30.3 Å². The van der Waals surface area contributed by atoms with Gasteiger partial charge in [0.1, 0.15) is 0 Å². The Bertz CT molecular complexity index is 885. The van der Waals surface area contributed by atoms with Gasteiger partial charge in [0.25, 0.3) is 5.95 Å². The van der Waals surface area contributed by atoms with Crippen molar-refractivity contribution in [1.29, 1.82) is 0 Å². The van der Waals surface area contributed by atoms with Gasteiger partial charge in [-0.25, -0.2) is 0 Å². The van der Waals surface area contributed by atoms with Crippen molar-refractivity contribution in [2.45, 2.75) is 29.6 Å². The molecule has 1 aliphatic heterocycles. The molecule has 0 spiro atoms. The maximum absolute atomic E-state index is 6.01. The summed E-state index contributed by atoms with van der Waals surface area (Å²) in [4.78, 5) is 19.3. The lowest BCUT2D eigenvalue weighted by atomic mass is 10.1. The predicted octanol–water partition coefficient (Wildman–Crippen LogP) is 4.31. The largest absolute Gasteiger partial charge is 0.369 e. The molecule has 8 nitrogen and oxygen atoms in total. The van der Waals surface area contributed by atoms with Gasteiger partial charge in [-0.1, -0.05) is 53.3 Å². The van der Waals surface area contributed by atoms with E-state index < -0.39 is 3.79 Å². The summed E-state index contributed by atoms with van der Waals surface area (Å²) in [6.07, 6.45) is 2.07. The molecule has 0 radical (unpaired) electrons. The third kappa shape index (κ3) is 6.72. The van der Waals surface area contributed by atoms with E-state index in [1.165, 1.54) is 0 Å². The van der Waals surface area contributed by atoms with Gasteiger partial charge in [0.15, 0.2) is 5.82 Å². The number of guanidine groups is 1. The smallest absolute Gasteiger partial charge is 0.257 e. The summed E-state index contributed by atoms with van der Waals surface area (Å²) in [5.41, 5.74) is 6.69. The summed E-state index contributed by atoms with van der Waals surface area (Å²) in [6.45, 7) is 5.07. The average molecular weight is 492 g/mol. The quantitative estimate of drug-likeness (QED) is 0.325. The Labute approximate surface area is 195 Å². The van der Waals surface area contributed by atoms with Crippen LogP contribution < -0.4 is 16.4 Å². The maximum atomic E-state index is 6.01. The first-order chi connectivity index (χ1) is 14.2. The minimum absolute atomic E-state index is 0.0240. The van der Waals surface area contributed by atoms with E-state index in [0.717, 1.165) is 32.5 Å². The third-order valence-electron chi connectivity index (χ3n) is 4.50. The number of hydrogen-bond donors (Lipinski definition) is 3. The van der Waals surface area contributed by atoms with Crippen LogP contribution in [-0.4, -0.2) is 51.5 Å². The Hall–Kier alpha value is -1.58. The summed E-state index contributed by atoms with van der Waals surface area (Å²) >= 11 is 23.9. The van der Waals surface area contributed by atoms with Crippen LogP contribution in [0.3, 0.4) is 0 Å². The summed E-state index contributed by atoms with van der Waals surface area (Å²) in [6, 6.07) is 7.16. The lowest BCUT2D eigenvalue weighted by molar-refractivity contribution is 0.226. The molecular weight excluding hydrogens is 470 g/mol. The van der Waals surface area contributed by atoms with Gasteiger partial charge in [-0.15, -0.1) is 0 Å². The molecule has 1 atom stereocenters. The van der Waals surface area contributed by atoms with E-state index in [9.17, 15) is 0 Å². The second-order valence-electron chi connectivity index (χ2n) is 6.79. The Morgan fingerprint density at radius 3 is 2.63 bits per heavy atom. The number of rotatable bonds is 5. The molecule has 3 rings (SSSR count). The third-order valence-corrected chi connectivity index (χ3v) is 5.26. The zero-order valence-electron chi connectivity index (χ0n) is 16.2. The van der Waals surface area contributed by atoms with Crippen LogP contribution in [0.2, 0.25) is 5.02 Å². The van der Waals surface area contributed by atoms with Crippen molar-refractivity contribution < 1.29 is 0 Å². The van der Waals surface area contributed by atoms with E-state index >= 15 is 0 Å². The Balaban J connectivity index is 1.82. The van der Waals surface area contributed by atoms with Crippen LogP contribution in [0, 0.1) is 0 Å². The van der Waals surface area contributed by atoms with Crippen LogP contribution in [0.1, 0.15) is 25.6 Å². The van der Waals surface area contributed by atoms with Crippen molar-refractivity contribution >= 4 is 69.9 Å². The van der Waals surface area contributed by atoms with Crippen LogP contribution in [-0.2, 0) is 3.79 Å². The van der Waals surface area contributed by atoms with E-state index in [1.807, 2.05) is 0 Å². The standard InChI is InChI=1S/C18H22Cl4N8/c1-2-30-9-3-4-13(10-30)25-16-26-14(18(20,21)22)27-17(29-16)28-15(23)24-12-7-5-11(19)6-8-12/h5-8,13H,2-4,9-10H2,1H3,(H4,23,24,25,26,27,28,29). The second-order valence-corrected chi connectivity index (χ2v) is 9.50. The molecule has 12 heteroatoms. The molecule has 1 aliphatic rings. The van der Waals surface area contributed by atoms with Crippen LogP contribution in [0.5, 0.6) is 0 Å². The van der Waals surface area contributed by atoms with Crippen molar-refractivity contribution in [1.82, 2.24) is 19.9 Å². The zero-order valence-corrected chi connectivity index (χ0v) is 19.3. The maximum Gasteiger partial charge on any atom is 0.257 e. The number of aromatic nitrogens is 3. The molecule has 2 aromatic rings. The molecule has 1 unspecified atom stereocenters. The van der Waals surface area contributed by atoms with E-state index in [0.29, 0.717) is 10.7 Å². The fraction of sp³-hybridized carbons (Fsp3) is 0.444. The summed E-state index contributed by atoms with van der Waals surface area (Å²) in [5.74, 6) is 0.342. The summed E-state index contributed by atoms with van der Waals surface area (Å²) in [7, 11) is 0. The van der Waals surface area contributed by atoms with Gasteiger partial charge in [-0.3, -0.25) is 0 Å². The highest BCUT2D eigenvalue weighted by atomic mass is 35.6. The molecule has 0 bridgehead atoms. The van der Waals surface area contributed by atoms with E-state index in [-0.39, 0.29) is 29.7 Å². The van der Waals surface area contributed by atoms with E-state index in [2.05, 4.69) is 42.4 Å². The molecule has 1 aromatic carbocycles. The first-order valence-corrected chi connectivity index (χ1v) is 10.9. The molecule has 162 valence electrons. The summed E-state index contributed by atoms with van der Waals surface area (Å²) < 4.78 is -1.83. The SMILES string of the molecule is CCN1CCCC(Nc2nc(/N=C(\N)Nc3ccc(Cl)cc3)nc(C(Cl)(Cl)Cl)n2)C1. The normalized spacial score (nSPS) is 18.3. The minimum Gasteiger partial charge on any atom is -0.369 e. The number of likely N-dealkylation sites (N-methyl/N-ethyl adjacent to an activating group) is 1. The van der Waals surface area contributed by atoms with Crippen LogP contribution >= 0.6 is 46.4 Å². The number of hydrogen-bond acceptors (Lipinski definition) is 6. The number of aliphatic imine (C=N–C) groups is 1. The minimum atomic E-state index is -1.83. The number of benzene rings is 1. The molecule has 30 heavy (non-hydrogen) atoms. The fourth-order valence-corrected chi connectivity index (χ4v) is 3.45. The average Bonchev–Trinajstić information content (AvgIpc) is 2.69. The van der Waals surface area contributed by atoms with Crippen molar-refractivity contribution in [3.8, 4) is 0 Å². The molecule has 2 heterocycles. The van der Waals surface area contributed by atoms with Gasteiger partial charge in [0.05, 0.1) is 0 Å². The van der Waals surface area contributed by atoms with Crippen molar-refractivity contribution in [2.24, 2.45) is 10.7 Å². The van der Waals surface area contributed by atoms with Gasteiger partial charge in [-0.2, -0.15) is 19.9 Å². The number of likely N-dealkylation sites (tertiary alicyclic amines) is 1. The molecule has 4 N–H and O–H groups in total. The monoisotopic (exact) mass is 490 g/mol. The Morgan fingerprint density at radius 2 is 1.97 bits per heavy atom. The number of anilines is 2. The molecule has 0 amide bonds. The Kier molecular flexibility index (Phi) is 7.81. The lowest BCUT2D eigenvalue weighted by Gasteiger charge is -2.32. The zero-order chi connectivity index (χ0) is 21.7. The van der Waals surface area contributed by atoms with Gasteiger partial charge in [-0.05, 0) is 50.2 Å². The number of nitrogens with two attached hydrogens (primary N) is 1. The molecule has 1 fully saturated rings. The highest BCUT2D eigenvalue weighted by Crippen LogP contribution is 2.36. The second kappa shape index (κ2) is 10.2. The van der Waals surface area contributed by atoms with Gasteiger partial charge in [0.2, 0.25) is 15.7 Å². The number of alkyl halides is 3. The highest BCUT2D eigenvalue weighted by Gasteiger charge is 2.29. The van der Waals surface area contributed by atoms with E-state index in [4.69, 9.17) is 52.1 Å². The number of nitrogens with one attached hydrogen (secondary N) is 2. The first kappa shape index (κ1) is 23.1. The topological polar surface area (TPSA) is 104 Å². The molecule has 0 saturated carbocycles. The van der Waals surface area contributed by atoms with Crippen LogP contribution in [0.25, 0.3) is 0 Å². The van der Waals surface area contributed by atoms with Crippen LogP contribution in [0.4, 0.5) is 17.6 Å². The molecule has 0 aliphatic carbocycles. The first-order valence-electron chi connectivity index (χ1n) is 9.42. The van der Waals surface area contributed by atoms with E-state index in [1.54, 1.807) is 24.3 Å². The van der Waals surface area contributed by atoms with Crippen LogP contribution in [0.15, 0.2) is 29.3 Å². The summed E-state index contributed by atoms with van der Waals surface area (Å²) in [5, 5.41) is 6.85. The molecule has 1 saturated heterocycles.